The van der Waals surface area contributed by atoms with Crippen molar-refractivity contribution >= 4 is 0 Å². The monoisotopic (exact) mass is 128 g/mol. The lowest BCUT2D eigenvalue weighted by atomic mass is 11.0. The Balaban J connectivity index is 3.08. The van der Waals surface area contributed by atoms with Gasteiger partial charge in [0, 0.05) is 14.1 Å². The van der Waals surface area contributed by atoms with Gasteiger partial charge < -0.3 is 5.01 Å². The van der Waals surface area contributed by atoms with E-state index in [4.69, 9.17) is 0 Å². The number of hydrogen-bond donors (Lipinski definition) is 1. The molecule has 0 spiro atoms. The van der Waals surface area contributed by atoms with Crippen molar-refractivity contribution in [1.82, 2.24) is 14.9 Å². The van der Waals surface area contributed by atoms with Gasteiger partial charge in [0.1, 0.15) is 6.33 Å². The van der Waals surface area contributed by atoms with Gasteiger partial charge in [-0.1, -0.05) is 0 Å². The highest BCUT2D eigenvalue weighted by Crippen LogP contribution is 1.69. The molecule has 1 rings (SSSR count). The second-order valence-corrected chi connectivity index (χ2v) is 1.85. The van der Waals surface area contributed by atoms with Gasteiger partial charge in [-0.3, -0.25) is 0 Å². The minimum atomic E-state index is -0.222. The maximum Gasteiger partial charge on any atom is 0.362 e. The van der Waals surface area contributed by atoms with Crippen molar-refractivity contribution in [1.29, 1.82) is 0 Å². The minimum Gasteiger partial charge on any atom is -0.314 e. The normalized spacial score (nSPS) is 9.56. The van der Waals surface area contributed by atoms with Crippen LogP contribution in [0.4, 0.5) is 0 Å². The predicted octanol–water partition coefficient (Wildman–Crippen LogP) is -1.23. The Labute approximate surface area is 51.9 Å². The summed E-state index contributed by atoms with van der Waals surface area (Å²) in [4.78, 5) is 10.7. The van der Waals surface area contributed by atoms with E-state index in [1.54, 1.807) is 19.1 Å². The second kappa shape index (κ2) is 1.93. The van der Waals surface area contributed by atoms with Crippen molar-refractivity contribution in [3.05, 3.63) is 16.8 Å². The molecule has 1 N–H and O–H groups in total. The van der Waals surface area contributed by atoms with Crippen LogP contribution in [0.1, 0.15) is 0 Å². The van der Waals surface area contributed by atoms with Crippen LogP contribution in [0.3, 0.4) is 0 Å². The molecule has 9 heavy (non-hydrogen) atoms. The first-order chi connectivity index (χ1) is 4.22. The maximum atomic E-state index is 10.7. The summed E-state index contributed by atoms with van der Waals surface area (Å²) in [6.07, 6.45) is 1.42. The topological polar surface area (TPSA) is 53.9 Å². The molecule has 0 radical (unpaired) electrons. The molecule has 1 aromatic heterocycles. The lowest BCUT2D eigenvalue weighted by molar-refractivity contribution is 0.701. The van der Waals surface area contributed by atoms with Crippen LogP contribution >= 0.6 is 0 Å². The first kappa shape index (κ1) is 5.87. The molecule has 0 amide bonds. The van der Waals surface area contributed by atoms with E-state index in [-0.39, 0.29) is 5.69 Å². The van der Waals surface area contributed by atoms with Gasteiger partial charge in [-0.05, 0) is 0 Å². The Morgan fingerprint density at radius 2 is 2.44 bits per heavy atom. The van der Waals surface area contributed by atoms with Crippen LogP contribution < -0.4 is 10.7 Å². The smallest absolute Gasteiger partial charge is 0.314 e. The lowest BCUT2D eigenvalue weighted by Gasteiger charge is -2.09. The van der Waals surface area contributed by atoms with E-state index in [0.717, 1.165) is 0 Å². The summed E-state index contributed by atoms with van der Waals surface area (Å²) >= 11 is 0. The summed E-state index contributed by atoms with van der Waals surface area (Å²) in [6.45, 7) is 0. The van der Waals surface area contributed by atoms with Gasteiger partial charge in [0.05, 0.1) is 0 Å². The number of aromatic nitrogens is 3. The van der Waals surface area contributed by atoms with Crippen molar-refractivity contribution in [2.75, 3.05) is 19.1 Å². The standard InChI is InChI=1S/C4H8N4O/c1-7(2)8-3-5-6-4(8)9/h3H,1-2H3,(H,6,9). The summed E-state index contributed by atoms with van der Waals surface area (Å²) < 4.78 is 1.36. The van der Waals surface area contributed by atoms with E-state index in [1.165, 1.54) is 11.0 Å². The van der Waals surface area contributed by atoms with Crippen molar-refractivity contribution in [3.63, 3.8) is 0 Å². The zero-order valence-electron chi connectivity index (χ0n) is 5.33. The second-order valence-electron chi connectivity index (χ2n) is 1.85. The van der Waals surface area contributed by atoms with Crippen LogP contribution in [-0.2, 0) is 0 Å². The van der Waals surface area contributed by atoms with E-state index in [1.807, 2.05) is 0 Å². The molecule has 1 aromatic rings. The van der Waals surface area contributed by atoms with E-state index < -0.39 is 0 Å². The highest BCUT2D eigenvalue weighted by atomic mass is 16.2. The molecule has 0 aliphatic rings. The van der Waals surface area contributed by atoms with E-state index in [0.29, 0.717) is 0 Å². The quantitative estimate of drug-likeness (QED) is 0.515. The maximum absolute atomic E-state index is 10.7. The molecule has 0 saturated carbocycles. The summed E-state index contributed by atoms with van der Waals surface area (Å²) in [7, 11) is 3.52. The van der Waals surface area contributed by atoms with Crippen molar-refractivity contribution < 1.29 is 0 Å². The highest BCUT2D eigenvalue weighted by molar-refractivity contribution is 4.74. The van der Waals surface area contributed by atoms with Crippen LogP contribution in [0.5, 0.6) is 0 Å². The number of nitrogens with one attached hydrogen (secondary N) is 1. The van der Waals surface area contributed by atoms with Crippen molar-refractivity contribution in [2.24, 2.45) is 0 Å². The molecular weight excluding hydrogens is 120 g/mol. The van der Waals surface area contributed by atoms with Gasteiger partial charge in [0.15, 0.2) is 0 Å². The number of rotatable bonds is 1. The molecule has 0 aromatic carbocycles. The van der Waals surface area contributed by atoms with Crippen LogP contribution in [0.15, 0.2) is 11.1 Å². The van der Waals surface area contributed by atoms with Crippen LogP contribution in [-0.4, -0.2) is 29.0 Å². The SMILES string of the molecule is CN(C)n1cn[nH]c1=O. The van der Waals surface area contributed by atoms with Gasteiger partial charge in [-0.25, -0.2) is 9.89 Å². The molecule has 0 atom stereocenters. The summed E-state index contributed by atoms with van der Waals surface area (Å²) in [5, 5.41) is 7.42. The highest BCUT2D eigenvalue weighted by Gasteiger charge is 1.94. The average molecular weight is 128 g/mol. The van der Waals surface area contributed by atoms with Crippen LogP contribution in [0.25, 0.3) is 0 Å². The Hall–Kier alpha value is -1.26. The Bertz CT molecular complexity index is 235. The molecule has 50 valence electrons. The molecular formula is C4H8N4O. The molecule has 0 unspecified atom stereocenters. The fraction of sp³-hybridized carbons (Fsp3) is 0.500. The molecule has 1 heterocycles. The molecule has 0 aliphatic carbocycles. The Morgan fingerprint density at radius 1 is 1.78 bits per heavy atom. The summed E-state index contributed by atoms with van der Waals surface area (Å²) in [5.74, 6) is 0. The fourth-order valence-electron chi connectivity index (χ4n) is 0.527. The third kappa shape index (κ3) is 0.933. The fourth-order valence-corrected chi connectivity index (χ4v) is 0.527. The van der Waals surface area contributed by atoms with Gasteiger partial charge in [-0.2, -0.15) is 9.77 Å². The largest absolute Gasteiger partial charge is 0.362 e. The molecule has 0 aliphatic heterocycles. The third-order valence-corrected chi connectivity index (χ3v) is 0.966. The van der Waals surface area contributed by atoms with E-state index >= 15 is 0 Å². The molecule has 5 heteroatoms. The predicted molar refractivity (Wildman–Crippen MR) is 32.9 cm³/mol. The first-order valence-corrected chi connectivity index (χ1v) is 2.51. The van der Waals surface area contributed by atoms with Gasteiger partial charge in [0.25, 0.3) is 0 Å². The zero-order valence-corrected chi connectivity index (χ0v) is 5.33. The van der Waals surface area contributed by atoms with E-state index in [2.05, 4.69) is 10.2 Å². The molecule has 5 nitrogen and oxygen atoms in total. The van der Waals surface area contributed by atoms with Crippen LogP contribution in [0, 0.1) is 0 Å². The Kier molecular flexibility index (Phi) is 1.26. The van der Waals surface area contributed by atoms with Crippen molar-refractivity contribution in [2.45, 2.75) is 0 Å². The molecule has 0 fully saturated rings. The lowest BCUT2D eigenvalue weighted by Crippen LogP contribution is -2.33. The number of aromatic amines is 1. The van der Waals surface area contributed by atoms with Gasteiger partial charge >= 0.3 is 5.69 Å². The Morgan fingerprint density at radius 3 is 2.67 bits per heavy atom. The van der Waals surface area contributed by atoms with Gasteiger partial charge in [0.2, 0.25) is 0 Å². The van der Waals surface area contributed by atoms with Gasteiger partial charge in [-0.15, -0.1) is 0 Å². The molecule has 0 bridgehead atoms. The zero-order chi connectivity index (χ0) is 6.85. The third-order valence-electron chi connectivity index (χ3n) is 0.966. The number of H-pyrrole nitrogens is 1. The first-order valence-electron chi connectivity index (χ1n) is 2.51. The average Bonchev–Trinajstić information content (AvgIpc) is 2.13. The number of nitrogens with zero attached hydrogens (tertiary/aromatic N) is 3. The van der Waals surface area contributed by atoms with E-state index in [9.17, 15) is 4.79 Å². The summed E-state index contributed by atoms with van der Waals surface area (Å²) in [5.41, 5.74) is -0.222. The number of hydrogen-bond acceptors (Lipinski definition) is 3. The minimum absolute atomic E-state index is 0.222. The summed E-state index contributed by atoms with van der Waals surface area (Å²) in [6, 6.07) is 0. The van der Waals surface area contributed by atoms with Crippen LogP contribution in [0.2, 0.25) is 0 Å². The molecule has 0 saturated heterocycles. The van der Waals surface area contributed by atoms with Crippen molar-refractivity contribution in [3.8, 4) is 0 Å².